The number of hydrogen-bond donors (Lipinski definition) is 1. The van der Waals surface area contributed by atoms with Crippen LogP contribution in [0.2, 0.25) is 0 Å². The zero-order valence-corrected chi connectivity index (χ0v) is 9.72. The average molecular weight is 253 g/mol. The van der Waals surface area contributed by atoms with E-state index in [1.54, 1.807) is 18.2 Å². The van der Waals surface area contributed by atoms with E-state index in [4.69, 9.17) is 0 Å². The standard InChI is InChI=1S/C11H11NO4S/c13-9-4-2-1-3-8(9)12-7-5-10(11(12)14)17(15,16)6-7/h1-4,7,10,13H,5-6H2. The molecule has 2 unspecified atom stereocenters. The zero-order valence-electron chi connectivity index (χ0n) is 8.91. The Bertz CT molecular complexity index is 595. The van der Waals surface area contributed by atoms with E-state index in [9.17, 15) is 18.3 Å². The van der Waals surface area contributed by atoms with Crippen molar-refractivity contribution >= 4 is 21.4 Å². The molecule has 90 valence electrons. The Balaban J connectivity index is 2.05. The van der Waals surface area contributed by atoms with Gasteiger partial charge in [0.25, 0.3) is 0 Å². The smallest absolute Gasteiger partial charge is 0.245 e. The minimum absolute atomic E-state index is 0.00224. The lowest BCUT2D eigenvalue weighted by Gasteiger charge is -2.27. The number of sulfone groups is 1. The van der Waals surface area contributed by atoms with E-state index >= 15 is 0 Å². The van der Waals surface area contributed by atoms with Crippen LogP contribution in [-0.4, -0.2) is 36.5 Å². The number of hydrogen-bond acceptors (Lipinski definition) is 4. The molecule has 5 nitrogen and oxygen atoms in total. The van der Waals surface area contributed by atoms with Crippen LogP contribution < -0.4 is 4.90 Å². The van der Waals surface area contributed by atoms with Gasteiger partial charge in [-0.05, 0) is 18.6 Å². The molecule has 2 fully saturated rings. The molecule has 0 spiro atoms. The third kappa shape index (κ3) is 1.37. The minimum Gasteiger partial charge on any atom is -0.506 e. The van der Waals surface area contributed by atoms with Crippen LogP contribution in [0, 0.1) is 0 Å². The molecule has 1 aromatic rings. The molecule has 2 saturated heterocycles. The highest BCUT2D eigenvalue weighted by Crippen LogP contribution is 2.40. The fourth-order valence-electron chi connectivity index (χ4n) is 2.60. The topological polar surface area (TPSA) is 74.7 Å². The minimum atomic E-state index is -3.26. The summed E-state index contributed by atoms with van der Waals surface area (Å²) in [5, 5.41) is 8.79. The molecule has 0 aromatic heterocycles. The van der Waals surface area contributed by atoms with Gasteiger partial charge in [0.2, 0.25) is 5.91 Å². The predicted octanol–water partition coefficient (Wildman–Crippen LogP) is 0.294. The van der Waals surface area contributed by atoms with Crippen LogP contribution in [0.15, 0.2) is 24.3 Å². The number of amides is 1. The quantitative estimate of drug-likeness (QED) is 0.781. The van der Waals surface area contributed by atoms with Gasteiger partial charge in [-0.15, -0.1) is 0 Å². The molecular weight excluding hydrogens is 242 g/mol. The molecule has 17 heavy (non-hydrogen) atoms. The van der Waals surface area contributed by atoms with Gasteiger partial charge >= 0.3 is 0 Å². The molecule has 2 atom stereocenters. The van der Waals surface area contributed by atoms with Crippen molar-refractivity contribution in [3.8, 4) is 5.75 Å². The summed E-state index contributed by atoms with van der Waals surface area (Å²) in [6.07, 6.45) is 0.343. The third-order valence-electron chi connectivity index (χ3n) is 3.36. The van der Waals surface area contributed by atoms with Crippen molar-refractivity contribution in [2.24, 2.45) is 0 Å². The fraction of sp³-hybridized carbons (Fsp3) is 0.364. The lowest BCUT2D eigenvalue weighted by Crippen LogP contribution is -2.45. The summed E-state index contributed by atoms with van der Waals surface area (Å²) in [7, 11) is -3.26. The van der Waals surface area contributed by atoms with Crippen LogP contribution in [-0.2, 0) is 14.6 Å². The largest absolute Gasteiger partial charge is 0.506 e. The molecule has 0 aliphatic carbocycles. The highest BCUT2D eigenvalue weighted by Gasteiger charge is 2.55. The van der Waals surface area contributed by atoms with Crippen LogP contribution >= 0.6 is 0 Å². The monoisotopic (exact) mass is 253 g/mol. The molecule has 2 aliphatic rings. The van der Waals surface area contributed by atoms with Crippen molar-refractivity contribution < 1.29 is 18.3 Å². The number of carbonyl (C=O) groups is 1. The Morgan fingerprint density at radius 2 is 2.00 bits per heavy atom. The summed E-state index contributed by atoms with van der Waals surface area (Å²) >= 11 is 0. The van der Waals surface area contributed by atoms with Gasteiger partial charge in [-0.2, -0.15) is 0 Å². The Kier molecular flexibility index (Phi) is 2.01. The summed E-state index contributed by atoms with van der Waals surface area (Å²) in [5.74, 6) is -0.411. The van der Waals surface area contributed by atoms with E-state index in [0.717, 1.165) is 0 Å². The van der Waals surface area contributed by atoms with Gasteiger partial charge < -0.3 is 10.0 Å². The second kappa shape index (κ2) is 3.22. The van der Waals surface area contributed by atoms with Gasteiger partial charge in [0, 0.05) is 0 Å². The summed E-state index contributed by atoms with van der Waals surface area (Å²) < 4.78 is 23.2. The Morgan fingerprint density at radius 3 is 2.59 bits per heavy atom. The third-order valence-corrected chi connectivity index (χ3v) is 5.47. The zero-order chi connectivity index (χ0) is 12.2. The van der Waals surface area contributed by atoms with Crippen LogP contribution in [0.5, 0.6) is 5.75 Å². The SMILES string of the molecule is O=C1C2CC(CS2(=O)=O)N1c1ccccc1O. The van der Waals surface area contributed by atoms with E-state index in [1.165, 1.54) is 11.0 Å². The van der Waals surface area contributed by atoms with Gasteiger partial charge in [0.15, 0.2) is 9.84 Å². The molecular formula is C11H11NO4S. The second-order valence-electron chi connectivity index (χ2n) is 4.40. The molecule has 1 aromatic carbocycles. The maximum atomic E-state index is 12.0. The summed E-state index contributed by atoms with van der Waals surface area (Å²) in [6, 6.07) is 6.16. The second-order valence-corrected chi connectivity index (χ2v) is 6.63. The molecule has 0 radical (unpaired) electrons. The first-order valence-corrected chi connectivity index (χ1v) is 7.05. The van der Waals surface area contributed by atoms with Crippen molar-refractivity contribution in [2.45, 2.75) is 17.7 Å². The predicted molar refractivity (Wildman–Crippen MR) is 61.6 cm³/mol. The molecule has 1 amide bonds. The van der Waals surface area contributed by atoms with Gasteiger partial charge in [0.05, 0.1) is 17.5 Å². The van der Waals surface area contributed by atoms with Crippen LogP contribution in [0.4, 0.5) is 5.69 Å². The molecule has 6 heteroatoms. The number of benzene rings is 1. The fourth-order valence-corrected chi connectivity index (χ4v) is 4.59. The van der Waals surface area contributed by atoms with Crippen molar-refractivity contribution in [1.82, 2.24) is 0 Å². The average Bonchev–Trinajstić information content (AvgIpc) is 2.72. The number of fused-ring (bicyclic) bond motifs is 2. The highest BCUT2D eigenvalue weighted by atomic mass is 32.2. The first-order chi connectivity index (χ1) is 8.00. The van der Waals surface area contributed by atoms with E-state index < -0.39 is 21.0 Å². The molecule has 2 bridgehead atoms. The van der Waals surface area contributed by atoms with Crippen LogP contribution in [0.3, 0.4) is 0 Å². The molecule has 0 saturated carbocycles. The summed E-state index contributed by atoms with van der Waals surface area (Å²) in [6.45, 7) is 0. The van der Waals surface area contributed by atoms with E-state index in [1.807, 2.05) is 0 Å². The maximum absolute atomic E-state index is 12.0. The van der Waals surface area contributed by atoms with Crippen LogP contribution in [0.1, 0.15) is 6.42 Å². The van der Waals surface area contributed by atoms with Gasteiger partial charge in [-0.1, -0.05) is 12.1 Å². The lowest BCUT2D eigenvalue weighted by molar-refractivity contribution is -0.117. The number of aromatic hydroxyl groups is 1. The number of phenols is 1. The van der Waals surface area contributed by atoms with Gasteiger partial charge in [-0.25, -0.2) is 8.42 Å². The van der Waals surface area contributed by atoms with Crippen molar-refractivity contribution in [3.05, 3.63) is 24.3 Å². The number of rotatable bonds is 1. The van der Waals surface area contributed by atoms with E-state index in [0.29, 0.717) is 12.1 Å². The molecule has 2 aliphatic heterocycles. The number of para-hydroxylation sites is 2. The number of phenolic OH excluding ortho intramolecular Hbond substituents is 1. The first-order valence-electron chi connectivity index (χ1n) is 5.33. The first kappa shape index (κ1) is 10.6. The Morgan fingerprint density at radius 1 is 1.29 bits per heavy atom. The molecule has 3 rings (SSSR count). The van der Waals surface area contributed by atoms with Crippen LogP contribution in [0.25, 0.3) is 0 Å². The summed E-state index contributed by atoms with van der Waals surface area (Å²) in [5.41, 5.74) is 0.403. The lowest BCUT2D eigenvalue weighted by atomic mass is 10.2. The van der Waals surface area contributed by atoms with E-state index in [-0.39, 0.29) is 17.5 Å². The normalized spacial score (nSPS) is 29.9. The molecule has 2 heterocycles. The van der Waals surface area contributed by atoms with Gasteiger partial charge in [0.1, 0.15) is 11.0 Å². The van der Waals surface area contributed by atoms with Crippen molar-refractivity contribution in [1.29, 1.82) is 0 Å². The Hall–Kier alpha value is -1.56. The highest BCUT2D eigenvalue weighted by molar-refractivity contribution is 7.93. The number of carbonyl (C=O) groups excluding carboxylic acids is 1. The maximum Gasteiger partial charge on any atom is 0.245 e. The van der Waals surface area contributed by atoms with Crippen molar-refractivity contribution in [2.75, 3.05) is 10.7 Å². The van der Waals surface area contributed by atoms with Crippen molar-refractivity contribution in [3.63, 3.8) is 0 Å². The number of nitrogens with zero attached hydrogens (tertiary/aromatic N) is 1. The Labute approximate surface area is 98.6 Å². The summed E-state index contributed by atoms with van der Waals surface area (Å²) in [4.78, 5) is 13.4. The van der Waals surface area contributed by atoms with E-state index in [2.05, 4.69) is 0 Å². The number of anilines is 1. The molecule has 1 N–H and O–H groups in total. The van der Waals surface area contributed by atoms with Gasteiger partial charge in [-0.3, -0.25) is 4.79 Å².